The smallest absolute Gasteiger partial charge is 0.407 e. The molecule has 9 heteroatoms. The van der Waals surface area contributed by atoms with Gasteiger partial charge in [-0.1, -0.05) is 0 Å². The molecule has 2 aromatic rings. The minimum atomic E-state index is -0.572. The number of ether oxygens (including phenoxy) is 3. The second-order valence-electron chi connectivity index (χ2n) is 7.47. The number of nitrogen functional groups attached to an aromatic ring is 1. The van der Waals surface area contributed by atoms with Crippen LogP contribution in [0.15, 0.2) is 12.4 Å². The number of alkyl carbamates (subject to hydrolysis) is 1. The molecule has 0 radical (unpaired) electrons. The summed E-state index contributed by atoms with van der Waals surface area (Å²) in [6.07, 6.45) is 0.371. The lowest BCUT2D eigenvalue weighted by molar-refractivity contribution is -0.144. The molecule has 2 heterocycles. The average molecular weight is 393 g/mol. The molecule has 0 aliphatic carbocycles. The highest BCUT2D eigenvalue weighted by atomic mass is 16.7. The van der Waals surface area contributed by atoms with Crippen molar-refractivity contribution in [3.63, 3.8) is 0 Å². The number of anilines is 1. The quantitative estimate of drug-likeness (QED) is 0.663. The molecule has 9 nitrogen and oxygen atoms in total. The second-order valence-corrected chi connectivity index (χ2v) is 7.47. The van der Waals surface area contributed by atoms with Crippen molar-refractivity contribution < 1.29 is 19.0 Å². The molecule has 28 heavy (non-hydrogen) atoms. The fraction of sp³-hybridized carbons (Fsp3) is 0.632. The van der Waals surface area contributed by atoms with Crippen LogP contribution in [0, 0.1) is 0 Å². The molecule has 0 fully saturated rings. The maximum absolute atomic E-state index is 12.1. The summed E-state index contributed by atoms with van der Waals surface area (Å²) >= 11 is 0. The molecule has 3 N–H and O–H groups in total. The van der Waals surface area contributed by atoms with E-state index >= 15 is 0 Å². The van der Waals surface area contributed by atoms with E-state index in [0.717, 1.165) is 5.69 Å². The number of hydrogen-bond donors (Lipinski definition) is 2. The molecule has 2 aromatic heterocycles. The molecule has 1 amide bonds. The first kappa shape index (κ1) is 21.9. The van der Waals surface area contributed by atoms with Crippen LogP contribution in [0.5, 0.6) is 0 Å². The third-order valence-electron chi connectivity index (χ3n) is 3.85. The lowest BCUT2D eigenvalue weighted by Crippen LogP contribution is -2.40. The van der Waals surface area contributed by atoms with Gasteiger partial charge in [0, 0.05) is 25.8 Å². The molecule has 0 bridgehead atoms. The summed E-state index contributed by atoms with van der Waals surface area (Å²) in [5.41, 5.74) is 6.89. The Balaban J connectivity index is 2.34. The lowest BCUT2D eigenvalue weighted by Gasteiger charge is -2.24. The highest BCUT2D eigenvalue weighted by molar-refractivity contribution is 5.87. The number of aromatic nitrogens is 3. The minimum absolute atomic E-state index is 0.232. The summed E-state index contributed by atoms with van der Waals surface area (Å²) in [7, 11) is 0. The molecule has 0 aliphatic rings. The summed E-state index contributed by atoms with van der Waals surface area (Å²) in [6.45, 7) is 12.6. The molecule has 1 atom stereocenters. The molecule has 2 rings (SSSR count). The van der Waals surface area contributed by atoms with Crippen LogP contribution in [0.2, 0.25) is 0 Å². The van der Waals surface area contributed by atoms with E-state index in [4.69, 9.17) is 19.9 Å². The van der Waals surface area contributed by atoms with E-state index in [1.165, 1.54) is 6.33 Å². The topological polar surface area (TPSA) is 114 Å². The van der Waals surface area contributed by atoms with E-state index in [1.54, 1.807) is 0 Å². The predicted octanol–water partition coefficient (Wildman–Crippen LogP) is 3.00. The Morgan fingerprint density at radius 3 is 2.46 bits per heavy atom. The van der Waals surface area contributed by atoms with Gasteiger partial charge >= 0.3 is 6.09 Å². The third kappa shape index (κ3) is 5.56. The van der Waals surface area contributed by atoms with Crippen molar-refractivity contribution in [3.05, 3.63) is 18.1 Å². The largest absolute Gasteiger partial charge is 0.444 e. The first-order valence-corrected chi connectivity index (χ1v) is 9.48. The van der Waals surface area contributed by atoms with Crippen LogP contribution in [0.25, 0.3) is 11.0 Å². The highest BCUT2D eigenvalue weighted by Gasteiger charge is 2.24. The molecule has 0 aromatic carbocycles. The summed E-state index contributed by atoms with van der Waals surface area (Å²) in [5.74, 6) is 0.379. The third-order valence-corrected chi connectivity index (χ3v) is 3.85. The zero-order valence-corrected chi connectivity index (χ0v) is 17.5. The first-order valence-electron chi connectivity index (χ1n) is 9.48. The Kier molecular flexibility index (Phi) is 7.20. The normalized spacial score (nSPS) is 13.1. The van der Waals surface area contributed by atoms with Gasteiger partial charge in [-0.15, -0.1) is 0 Å². The van der Waals surface area contributed by atoms with Crippen molar-refractivity contribution in [1.82, 2.24) is 19.9 Å². The van der Waals surface area contributed by atoms with Gasteiger partial charge < -0.3 is 29.8 Å². The van der Waals surface area contributed by atoms with Gasteiger partial charge in [0.1, 0.15) is 23.4 Å². The van der Waals surface area contributed by atoms with Crippen LogP contribution in [-0.4, -0.2) is 45.5 Å². The van der Waals surface area contributed by atoms with Gasteiger partial charge in [-0.2, -0.15) is 0 Å². The molecule has 0 saturated carbocycles. The van der Waals surface area contributed by atoms with E-state index in [0.29, 0.717) is 36.6 Å². The fourth-order valence-corrected chi connectivity index (χ4v) is 2.84. The maximum Gasteiger partial charge on any atom is 0.407 e. The number of nitrogens with zero attached hydrogens (tertiary/aromatic N) is 3. The van der Waals surface area contributed by atoms with Gasteiger partial charge in [-0.3, -0.25) is 0 Å². The van der Waals surface area contributed by atoms with Crippen molar-refractivity contribution in [2.75, 3.05) is 18.9 Å². The summed E-state index contributed by atoms with van der Waals surface area (Å²) in [5, 5.41) is 3.56. The van der Waals surface area contributed by atoms with Gasteiger partial charge in [0.25, 0.3) is 0 Å². The number of fused-ring (bicyclic) bond motifs is 1. The number of amides is 1. The van der Waals surface area contributed by atoms with E-state index in [9.17, 15) is 4.79 Å². The molecule has 0 aliphatic heterocycles. The fourth-order valence-electron chi connectivity index (χ4n) is 2.84. The summed E-state index contributed by atoms with van der Waals surface area (Å²) in [6, 6.07) is 1.64. The number of hydrogen-bond acceptors (Lipinski definition) is 7. The molecular weight excluding hydrogens is 362 g/mol. The van der Waals surface area contributed by atoms with Crippen LogP contribution in [0.4, 0.5) is 10.6 Å². The molecule has 0 spiro atoms. The van der Waals surface area contributed by atoms with Gasteiger partial charge in [0.15, 0.2) is 6.29 Å². The predicted molar refractivity (Wildman–Crippen MR) is 107 cm³/mol. The molecule has 156 valence electrons. The Morgan fingerprint density at radius 2 is 1.89 bits per heavy atom. The number of carbonyl (C=O) groups excluding carboxylic acids is 1. The molecule has 1 unspecified atom stereocenters. The Hall–Kier alpha value is -2.39. The summed E-state index contributed by atoms with van der Waals surface area (Å²) in [4.78, 5) is 20.5. The molecular formula is C19H31N5O4. The van der Waals surface area contributed by atoms with Crippen molar-refractivity contribution in [2.45, 2.75) is 66.0 Å². The number of nitrogens with one attached hydrogen (secondary N) is 1. The van der Waals surface area contributed by atoms with Crippen molar-refractivity contribution >= 4 is 22.9 Å². The minimum Gasteiger partial charge on any atom is -0.444 e. The van der Waals surface area contributed by atoms with E-state index in [-0.39, 0.29) is 6.04 Å². The van der Waals surface area contributed by atoms with E-state index < -0.39 is 18.0 Å². The van der Waals surface area contributed by atoms with E-state index in [1.807, 2.05) is 52.2 Å². The van der Waals surface area contributed by atoms with Crippen LogP contribution in [0.1, 0.15) is 53.5 Å². The number of carbonyl (C=O) groups is 1. The van der Waals surface area contributed by atoms with Crippen molar-refractivity contribution in [1.29, 1.82) is 0 Å². The van der Waals surface area contributed by atoms with Gasteiger partial charge in [-0.05, 0) is 47.6 Å². The SMILES string of the molecule is CCOC(OCC)c1cc2c(N)ncnc2n1CC(C)NC(=O)OC(C)(C)C. The maximum atomic E-state index is 12.1. The Morgan fingerprint density at radius 1 is 1.25 bits per heavy atom. The van der Waals surface area contributed by atoms with Crippen LogP contribution >= 0.6 is 0 Å². The number of rotatable bonds is 8. The number of nitrogens with two attached hydrogens (primary N) is 1. The standard InChI is InChI=1S/C19H31N5O4/c1-7-26-17(27-8-2)14-9-13-15(20)21-11-22-16(13)24(14)10-12(3)23-18(25)28-19(4,5)6/h9,11-12,17H,7-8,10H2,1-6H3,(H,23,25)(H2,20,21,22). The Bertz CT molecular complexity index is 793. The average Bonchev–Trinajstić information content (AvgIpc) is 2.92. The van der Waals surface area contributed by atoms with Crippen LogP contribution < -0.4 is 11.1 Å². The van der Waals surface area contributed by atoms with Crippen molar-refractivity contribution in [3.8, 4) is 0 Å². The van der Waals surface area contributed by atoms with Gasteiger partial charge in [0.05, 0.1) is 11.1 Å². The Labute approximate surface area is 165 Å². The van der Waals surface area contributed by atoms with Gasteiger partial charge in [-0.25, -0.2) is 14.8 Å². The van der Waals surface area contributed by atoms with E-state index in [2.05, 4.69) is 15.3 Å². The van der Waals surface area contributed by atoms with Crippen LogP contribution in [-0.2, 0) is 20.8 Å². The monoisotopic (exact) mass is 393 g/mol. The highest BCUT2D eigenvalue weighted by Crippen LogP contribution is 2.29. The zero-order chi connectivity index (χ0) is 20.9. The van der Waals surface area contributed by atoms with Gasteiger partial charge in [0.2, 0.25) is 0 Å². The molecule has 0 saturated heterocycles. The van der Waals surface area contributed by atoms with Crippen LogP contribution in [0.3, 0.4) is 0 Å². The van der Waals surface area contributed by atoms with Crippen molar-refractivity contribution in [2.24, 2.45) is 0 Å². The lowest BCUT2D eigenvalue weighted by atomic mass is 10.2. The summed E-state index contributed by atoms with van der Waals surface area (Å²) < 4.78 is 18.8. The zero-order valence-electron chi connectivity index (χ0n) is 17.5. The first-order chi connectivity index (χ1) is 13.2. The second kappa shape index (κ2) is 9.20.